The maximum Gasteiger partial charge on any atom is 0.0258 e. The zero-order valence-corrected chi connectivity index (χ0v) is 6.75. The molecule has 0 spiro atoms. The van der Waals surface area contributed by atoms with E-state index in [1.165, 1.54) is 6.42 Å². The molecule has 1 heteroatoms. The number of rotatable bonds is 1. The van der Waals surface area contributed by atoms with Crippen molar-refractivity contribution in [3.05, 3.63) is 0 Å². The highest BCUT2D eigenvalue weighted by Crippen LogP contribution is 3.06. The van der Waals surface area contributed by atoms with Gasteiger partial charge in [-0.3, -0.25) is 0 Å². The third kappa shape index (κ3) is 0.159. The van der Waals surface area contributed by atoms with E-state index in [4.69, 9.17) is 5.73 Å². The van der Waals surface area contributed by atoms with E-state index in [2.05, 4.69) is 6.92 Å². The van der Waals surface area contributed by atoms with E-state index in [1.807, 2.05) is 0 Å². The standard InChI is InChI=1S/C10H13N/c1-2-9-3-6-4(9)8-5(9)7(3)10(6,8)11/h3-8H,2,11H2,1H3. The Balaban J connectivity index is 1.76. The summed E-state index contributed by atoms with van der Waals surface area (Å²) < 4.78 is 0. The third-order valence-electron chi connectivity index (χ3n) is 6.53. The number of hydrogen-bond acceptors (Lipinski definition) is 1. The topological polar surface area (TPSA) is 26.0 Å². The predicted molar refractivity (Wildman–Crippen MR) is 40.6 cm³/mol. The number of nitrogens with two attached hydrogens (primary N) is 1. The first-order chi connectivity index (χ1) is 5.29. The van der Waals surface area contributed by atoms with Crippen LogP contribution in [-0.2, 0) is 0 Å². The van der Waals surface area contributed by atoms with E-state index in [-0.39, 0.29) is 0 Å². The van der Waals surface area contributed by atoms with Crippen LogP contribution in [0.4, 0.5) is 0 Å². The molecule has 1 nitrogen and oxygen atoms in total. The Hall–Kier alpha value is -0.0400. The lowest BCUT2D eigenvalue weighted by atomic mass is 8.94. The summed E-state index contributed by atoms with van der Waals surface area (Å²) in [4.78, 5) is 0. The zero-order valence-electron chi connectivity index (χ0n) is 6.75. The van der Waals surface area contributed by atoms with Gasteiger partial charge in [-0.1, -0.05) is 6.92 Å². The van der Waals surface area contributed by atoms with Crippen molar-refractivity contribution in [3.63, 3.8) is 0 Å². The van der Waals surface area contributed by atoms with E-state index in [9.17, 15) is 0 Å². The molecule has 2 N–H and O–H groups in total. The molecule has 0 saturated heterocycles. The molecule has 58 valence electrons. The fraction of sp³-hybridized carbons (Fsp3) is 1.00. The van der Waals surface area contributed by atoms with Gasteiger partial charge in [-0.2, -0.15) is 0 Å². The molecule has 0 aromatic rings. The molecule has 0 aliphatic heterocycles. The van der Waals surface area contributed by atoms with Crippen molar-refractivity contribution in [2.45, 2.75) is 18.9 Å². The van der Waals surface area contributed by atoms with Crippen LogP contribution in [0.5, 0.6) is 0 Å². The maximum atomic E-state index is 6.30. The summed E-state index contributed by atoms with van der Waals surface area (Å²) in [5, 5.41) is 0. The zero-order chi connectivity index (χ0) is 7.17. The molecule has 0 atom stereocenters. The monoisotopic (exact) mass is 147 g/mol. The SMILES string of the molecule is CCC12C3C4C1C1C2C3C41N. The van der Waals surface area contributed by atoms with Gasteiger partial charge in [0.2, 0.25) is 0 Å². The van der Waals surface area contributed by atoms with Gasteiger partial charge in [0, 0.05) is 5.54 Å². The van der Waals surface area contributed by atoms with Crippen LogP contribution in [0.3, 0.4) is 0 Å². The molecule has 6 aliphatic rings. The van der Waals surface area contributed by atoms with E-state index < -0.39 is 0 Å². The fourth-order valence-electron chi connectivity index (χ4n) is 6.54. The van der Waals surface area contributed by atoms with Gasteiger partial charge in [0.1, 0.15) is 0 Å². The third-order valence-corrected chi connectivity index (χ3v) is 6.53. The first-order valence-corrected chi connectivity index (χ1v) is 5.08. The summed E-state index contributed by atoms with van der Waals surface area (Å²) in [6, 6.07) is 0. The van der Waals surface area contributed by atoms with Crippen molar-refractivity contribution in [1.29, 1.82) is 0 Å². The van der Waals surface area contributed by atoms with Crippen LogP contribution >= 0.6 is 0 Å². The van der Waals surface area contributed by atoms with Crippen molar-refractivity contribution in [2.75, 3.05) is 0 Å². The van der Waals surface area contributed by atoms with Crippen LogP contribution in [0.1, 0.15) is 13.3 Å². The summed E-state index contributed by atoms with van der Waals surface area (Å²) in [5.74, 6) is 6.50. The molecule has 0 aromatic carbocycles. The Morgan fingerprint density at radius 1 is 1.00 bits per heavy atom. The van der Waals surface area contributed by atoms with Gasteiger partial charge in [-0.25, -0.2) is 0 Å². The smallest absolute Gasteiger partial charge is 0.0258 e. The highest BCUT2D eigenvalue weighted by atomic mass is 15.2. The Kier molecular flexibility index (Phi) is 0.368. The van der Waals surface area contributed by atoms with Gasteiger partial charge < -0.3 is 5.73 Å². The Bertz CT molecular complexity index is 252. The van der Waals surface area contributed by atoms with Gasteiger partial charge in [-0.15, -0.1) is 0 Å². The summed E-state index contributed by atoms with van der Waals surface area (Å²) in [6.07, 6.45) is 1.46. The minimum absolute atomic E-state index is 0.441. The second-order valence-corrected chi connectivity index (χ2v) is 5.62. The Morgan fingerprint density at radius 3 is 1.82 bits per heavy atom. The van der Waals surface area contributed by atoms with Crippen LogP contribution in [0.2, 0.25) is 0 Å². The van der Waals surface area contributed by atoms with Crippen LogP contribution in [0, 0.1) is 40.9 Å². The van der Waals surface area contributed by atoms with Crippen molar-refractivity contribution in [1.82, 2.24) is 0 Å². The van der Waals surface area contributed by atoms with E-state index in [1.54, 1.807) is 0 Å². The van der Waals surface area contributed by atoms with Gasteiger partial charge in [0.05, 0.1) is 0 Å². The van der Waals surface area contributed by atoms with Crippen LogP contribution in [-0.4, -0.2) is 5.54 Å². The van der Waals surface area contributed by atoms with Crippen molar-refractivity contribution < 1.29 is 0 Å². The molecule has 0 heterocycles. The largest absolute Gasteiger partial charge is 0.324 e. The lowest BCUT2D eigenvalue weighted by Crippen LogP contribution is -3.14. The minimum atomic E-state index is 0.441. The van der Waals surface area contributed by atoms with Gasteiger partial charge in [-0.05, 0) is 47.3 Å². The average molecular weight is 147 g/mol. The minimum Gasteiger partial charge on any atom is -0.324 e. The van der Waals surface area contributed by atoms with Crippen LogP contribution in [0.25, 0.3) is 0 Å². The number of hydrogen-bond donors (Lipinski definition) is 1. The van der Waals surface area contributed by atoms with Gasteiger partial charge in [0.25, 0.3) is 0 Å². The van der Waals surface area contributed by atoms with E-state index in [0.29, 0.717) is 5.54 Å². The Morgan fingerprint density at radius 2 is 1.45 bits per heavy atom. The molecule has 0 amide bonds. The van der Waals surface area contributed by atoms with Crippen molar-refractivity contribution >= 4 is 0 Å². The van der Waals surface area contributed by atoms with Gasteiger partial charge >= 0.3 is 0 Å². The van der Waals surface area contributed by atoms with Crippen LogP contribution < -0.4 is 5.73 Å². The normalized spacial score (nSPS) is 95.5. The molecular formula is C10H13N. The first-order valence-electron chi connectivity index (χ1n) is 5.08. The van der Waals surface area contributed by atoms with E-state index in [0.717, 1.165) is 40.9 Å². The molecule has 6 aliphatic carbocycles. The quantitative estimate of drug-likeness (QED) is 0.584. The molecular weight excluding hydrogens is 134 g/mol. The van der Waals surface area contributed by atoms with E-state index >= 15 is 0 Å². The molecule has 0 aromatic heterocycles. The van der Waals surface area contributed by atoms with Crippen molar-refractivity contribution in [2.24, 2.45) is 46.7 Å². The highest BCUT2D eigenvalue weighted by molar-refractivity contribution is 5.57. The lowest BCUT2D eigenvalue weighted by molar-refractivity contribution is -0.620. The molecule has 6 fully saturated rings. The fourth-order valence-corrected chi connectivity index (χ4v) is 6.54. The summed E-state index contributed by atoms with van der Waals surface area (Å²) >= 11 is 0. The van der Waals surface area contributed by atoms with Crippen LogP contribution in [0.15, 0.2) is 0 Å². The molecule has 0 bridgehead atoms. The lowest BCUT2D eigenvalue weighted by Gasteiger charge is -3.11. The molecule has 6 rings (SSSR count). The summed E-state index contributed by atoms with van der Waals surface area (Å²) in [7, 11) is 0. The summed E-state index contributed by atoms with van der Waals surface area (Å²) in [6.45, 7) is 2.39. The highest BCUT2D eigenvalue weighted by Gasteiger charge is 3.08. The molecule has 6 saturated carbocycles. The molecule has 0 unspecified atom stereocenters. The molecule has 0 radical (unpaired) electrons. The van der Waals surface area contributed by atoms with Gasteiger partial charge in [0.15, 0.2) is 0 Å². The Labute approximate surface area is 66.3 Å². The average Bonchev–Trinajstić information content (AvgIpc) is 2.06. The second-order valence-electron chi connectivity index (χ2n) is 5.62. The first kappa shape index (κ1) is 4.86. The van der Waals surface area contributed by atoms with Crippen molar-refractivity contribution in [3.8, 4) is 0 Å². The maximum absolute atomic E-state index is 6.30. The second kappa shape index (κ2) is 0.834. The molecule has 11 heavy (non-hydrogen) atoms. The summed E-state index contributed by atoms with van der Waals surface area (Å²) in [5.41, 5.74) is 7.64. The predicted octanol–water partition coefficient (Wildman–Crippen LogP) is 0.845.